The van der Waals surface area contributed by atoms with Gasteiger partial charge in [-0.2, -0.15) is 0 Å². The quantitative estimate of drug-likeness (QED) is 0.390. The Balaban J connectivity index is 2.01. The molecular formula is C12H23N. The predicted octanol–water partition coefficient (Wildman–Crippen LogP) is 3.27. The molecule has 0 radical (unpaired) electrons. The van der Waals surface area contributed by atoms with E-state index in [1.54, 1.807) is 0 Å². The fourth-order valence-electron chi connectivity index (χ4n) is 2.04. The SMILES string of the molecule is C=CCCCNC1CCCCCC1. The van der Waals surface area contributed by atoms with Gasteiger partial charge in [-0.25, -0.2) is 0 Å². The van der Waals surface area contributed by atoms with E-state index in [1.807, 2.05) is 6.08 Å². The molecule has 13 heavy (non-hydrogen) atoms. The van der Waals surface area contributed by atoms with Crippen molar-refractivity contribution >= 4 is 0 Å². The summed E-state index contributed by atoms with van der Waals surface area (Å²) in [5.74, 6) is 0. The molecule has 1 nitrogen and oxygen atoms in total. The Morgan fingerprint density at radius 1 is 1.15 bits per heavy atom. The Hall–Kier alpha value is -0.300. The van der Waals surface area contributed by atoms with Gasteiger partial charge < -0.3 is 5.32 Å². The summed E-state index contributed by atoms with van der Waals surface area (Å²) in [6, 6.07) is 0.812. The normalized spacial score (nSPS) is 19.7. The third-order valence-electron chi connectivity index (χ3n) is 2.87. The first kappa shape index (κ1) is 10.8. The minimum atomic E-state index is 0.812. The maximum Gasteiger partial charge on any atom is 0.00670 e. The molecular weight excluding hydrogens is 158 g/mol. The zero-order valence-corrected chi connectivity index (χ0v) is 8.73. The van der Waals surface area contributed by atoms with Gasteiger partial charge in [-0.05, 0) is 32.2 Å². The monoisotopic (exact) mass is 181 g/mol. The van der Waals surface area contributed by atoms with Crippen molar-refractivity contribution in [2.45, 2.75) is 57.4 Å². The van der Waals surface area contributed by atoms with E-state index in [2.05, 4.69) is 11.9 Å². The largest absolute Gasteiger partial charge is 0.314 e. The smallest absolute Gasteiger partial charge is 0.00670 e. The zero-order chi connectivity index (χ0) is 9.36. The number of rotatable bonds is 5. The fraction of sp³-hybridized carbons (Fsp3) is 0.833. The van der Waals surface area contributed by atoms with E-state index in [0.717, 1.165) is 12.5 Å². The first-order valence-electron chi connectivity index (χ1n) is 5.78. The van der Waals surface area contributed by atoms with Crippen LogP contribution in [0.1, 0.15) is 51.4 Å². The Morgan fingerprint density at radius 3 is 2.46 bits per heavy atom. The Bertz CT molecular complexity index is 123. The fourth-order valence-corrected chi connectivity index (χ4v) is 2.04. The van der Waals surface area contributed by atoms with Gasteiger partial charge in [-0.1, -0.05) is 31.8 Å². The summed E-state index contributed by atoms with van der Waals surface area (Å²) in [4.78, 5) is 0. The molecule has 76 valence electrons. The second-order valence-electron chi connectivity index (χ2n) is 4.07. The van der Waals surface area contributed by atoms with Gasteiger partial charge in [0.1, 0.15) is 0 Å². The van der Waals surface area contributed by atoms with Crippen molar-refractivity contribution in [1.82, 2.24) is 5.32 Å². The van der Waals surface area contributed by atoms with E-state index in [4.69, 9.17) is 0 Å². The lowest BCUT2D eigenvalue weighted by atomic mass is 10.1. The highest BCUT2D eigenvalue weighted by Gasteiger charge is 2.10. The van der Waals surface area contributed by atoms with Gasteiger partial charge in [-0.3, -0.25) is 0 Å². The van der Waals surface area contributed by atoms with Crippen LogP contribution in [0.25, 0.3) is 0 Å². The van der Waals surface area contributed by atoms with Crippen molar-refractivity contribution in [2.75, 3.05) is 6.54 Å². The summed E-state index contributed by atoms with van der Waals surface area (Å²) < 4.78 is 0. The van der Waals surface area contributed by atoms with Crippen molar-refractivity contribution in [1.29, 1.82) is 0 Å². The van der Waals surface area contributed by atoms with Gasteiger partial charge in [-0.15, -0.1) is 6.58 Å². The molecule has 0 bridgehead atoms. The van der Waals surface area contributed by atoms with Crippen molar-refractivity contribution in [3.05, 3.63) is 12.7 Å². The van der Waals surface area contributed by atoms with Crippen LogP contribution in [0.3, 0.4) is 0 Å². The number of nitrogens with one attached hydrogen (secondary N) is 1. The molecule has 1 N–H and O–H groups in total. The van der Waals surface area contributed by atoms with Crippen LogP contribution in [0.5, 0.6) is 0 Å². The van der Waals surface area contributed by atoms with Crippen molar-refractivity contribution in [3.8, 4) is 0 Å². The van der Waals surface area contributed by atoms with E-state index < -0.39 is 0 Å². The van der Waals surface area contributed by atoms with Crippen LogP contribution in [-0.4, -0.2) is 12.6 Å². The first-order chi connectivity index (χ1) is 6.43. The maximum atomic E-state index is 3.73. The highest BCUT2D eigenvalue weighted by atomic mass is 14.9. The molecule has 1 aliphatic carbocycles. The van der Waals surface area contributed by atoms with Gasteiger partial charge >= 0.3 is 0 Å². The maximum absolute atomic E-state index is 3.73. The van der Waals surface area contributed by atoms with Crippen LogP contribution >= 0.6 is 0 Å². The molecule has 1 saturated carbocycles. The van der Waals surface area contributed by atoms with Crippen molar-refractivity contribution in [3.63, 3.8) is 0 Å². The lowest BCUT2D eigenvalue weighted by Crippen LogP contribution is -2.29. The zero-order valence-electron chi connectivity index (χ0n) is 8.73. The van der Waals surface area contributed by atoms with Crippen molar-refractivity contribution in [2.24, 2.45) is 0 Å². The second-order valence-corrected chi connectivity index (χ2v) is 4.07. The Kier molecular flexibility index (Phi) is 5.92. The van der Waals surface area contributed by atoms with E-state index in [0.29, 0.717) is 0 Å². The summed E-state index contributed by atoms with van der Waals surface area (Å²) in [6.45, 7) is 4.91. The molecule has 0 aliphatic heterocycles. The molecule has 1 rings (SSSR count). The molecule has 0 aromatic heterocycles. The lowest BCUT2D eigenvalue weighted by Gasteiger charge is -2.15. The third-order valence-corrected chi connectivity index (χ3v) is 2.87. The van der Waals surface area contributed by atoms with Gasteiger partial charge in [0.2, 0.25) is 0 Å². The molecule has 0 saturated heterocycles. The van der Waals surface area contributed by atoms with Crippen LogP contribution in [0.15, 0.2) is 12.7 Å². The van der Waals surface area contributed by atoms with Crippen LogP contribution in [0, 0.1) is 0 Å². The first-order valence-corrected chi connectivity index (χ1v) is 5.78. The molecule has 1 heteroatoms. The van der Waals surface area contributed by atoms with E-state index in [1.165, 1.54) is 51.5 Å². The molecule has 1 fully saturated rings. The number of hydrogen-bond acceptors (Lipinski definition) is 1. The molecule has 0 aromatic carbocycles. The van der Waals surface area contributed by atoms with Gasteiger partial charge in [0.25, 0.3) is 0 Å². The van der Waals surface area contributed by atoms with Crippen LogP contribution in [-0.2, 0) is 0 Å². The minimum Gasteiger partial charge on any atom is -0.314 e. The van der Waals surface area contributed by atoms with Gasteiger partial charge in [0, 0.05) is 6.04 Å². The molecule has 0 heterocycles. The predicted molar refractivity (Wildman–Crippen MR) is 58.9 cm³/mol. The molecule has 0 spiro atoms. The van der Waals surface area contributed by atoms with E-state index in [9.17, 15) is 0 Å². The third kappa shape index (κ3) is 5.09. The van der Waals surface area contributed by atoms with Gasteiger partial charge in [0.05, 0.1) is 0 Å². The number of unbranched alkanes of at least 4 members (excludes halogenated alkanes) is 1. The van der Waals surface area contributed by atoms with E-state index in [-0.39, 0.29) is 0 Å². The average molecular weight is 181 g/mol. The average Bonchev–Trinajstić information content (AvgIpc) is 2.41. The topological polar surface area (TPSA) is 12.0 Å². The number of allylic oxidation sites excluding steroid dienone is 1. The molecule has 0 aromatic rings. The second kappa shape index (κ2) is 7.14. The van der Waals surface area contributed by atoms with Crippen LogP contribution < -0.4 is 5.32 Å². The summed E-state index contributed by atoms with van der Waals surface area (Å²) in [7, 11) is 0. The summed E-state index contributed by atoms with van der Waals surface area (Å²) in [5.41, 5.74) is 0. The summed E-state index contributed by atoms with van der Waals surface area (Å²) in [6.07, 6.45) is 13.0. The van der Waals surface area contributed by atoms with Crippen LogP contribution in [0.2, 0.25) is 0 Å². The number of hydrogen-bond donors (Lipinski definition) is 1. The van der Waals surface area contributed by atoms with E-state index >= 15 is 0 Å². The van der Waals surface area contributed by atoms with Crippen LogP contribution in [0.4, 0.5) is 0 Å². The highest BCUT2D eigenvalue weighted by molar-refractivity contribution is 4.72. The lowest BCUT2D eigenvalue weighted by molar-refractivity contribution is 0.457. The Labute approximate surface area is 82.6 Å². The molecule has 0 amide bonds. The highest BCUT2D eigenvalue weighted by Crippen LogP contribution is 2.16. The summed E-state index contributed by atoms with van der Waals surface area (Å²) >= 11 is 0. The van der Waals surface area contributed by atoms with Gasteiger partial charge in [0.15, 0.2) is 0 Å². The summed E-state index contributed by atoms with van der Waals surface area (Å²) in [5, 5.41) is 3.65. The molecule has 0 atom stereocenters. The molecule has 0 unspecified atom stereocenters. The molecule has 1 aliphatic rings. The standard InChI is InChI=1S/C12H23N/c1-2-3-8-11-13-12-9-6-4-5-7-10-12/h2,12-13H,1,3-11H2. The Morgan fingerprint density at radius 2 is 1.85 bits per heavy atom. The van der Waals surface area contributed by atoms with Crippen molar-refractivity contribution < 1.29 is 0 Å². The minimum absolute atomic E-state index is 0.812.